The van der Waals surface area contributed by atoms with Crippen LogP contribution in [0.5, 0.6) is 0 Å². The van der Waals surface area contributed by atoms with Gasteiger partial charge in [-0.2, -0.15) is 0 Å². The summed E-state index contributed by atoms with van der Waals surface area (Å²) in [6.45, 7) is 2.02. The van der Waals surface area contributed by atoms with Gasteiger partial charge >= 0.3 is 5.97 Å². The average molecular weight is 328 g/mol. The lowest BCUT2D eigenvalue weighted by Gasteiger charge is -2.06. The molecule has 2 aromatic rings. The molecule has 6 heteroatoms. The molecular weight excluding hydrogens is 313 g/mol. The lowest BCUT2D eigenvalue weighted by Crippen LogP contribution is -2.00. The number of rotatable bonds is 6. The van der Waals surface area contributed by atoms with Gasteiger partial charge in [-0.3, -0.25) is 4.79 Å². The van der Waals surface area contributed by atoms with Crippen molar-refractivity contribution in [2.45, 2.75) is 32.6 Å². The van der Waals surface area contributed by atoms with Crippen molar-refractivity contribution >= 4 is 29.2 Å². The maximum atomic E-state index is 10.8. The lowest BCUT2D eigenvalue weighted by atomic mass is 10.00. The first-order valence-corrected chi connectivity index (χ1v) is 7.43. The van der Waals surface area contributed by atoms with Crippen molar-refractivity contribution in [1.29, 1.82) is 0 Å². The Morgan fingerprint density at radius 3 is 2.52 bits per heavy atom. The molecule has 2 rings (SSSR count). The predicted octanol–water partition coefficient (Wildman–Crippen LogP) is 4.62. The number of nitrogens with zero attached hydrogens (tertiary/aromatic N) is 1. The Balaban J connectivity index is 2.50. The van der Waals surface area contributed by atoms with E-state index in [2.05, 4.69) is 5.16 Å². The van der Waals surface area contributed by atoms with E-state index in [-0.39, 0.29) is 6.42 Å². The topological polar surface area (TPSA) is 63.3 Å². The summed E-state index contributed by atoms with van der Waals surface area (Å²) in [5.74, 6) is -0.167. The Kier molecular flexibility index (Phi) is 5.26. The standard InChI is InChI=1S/C15H15Cl2NO3/c1-2-4-12-9(7-8-13(19)20)15(18-21-12)14-10(16)5-3-6-11(14)17/h3,5-6H,2,4,7-8H2,1H3,(H,19,20). The van der Waals surface area contributed by atoms with Gasteiger partial charge in [0.2, 0.25) is 0 Å². The van der Waals surface area contributed by atoms with Crippen molar-refractivity contribution < 1.29 is 14.4 Å². The molecule has 21 heavy (non-hydrogen) atoms. The number of hydrogen-bond acceptors (Lipinski definition) is 3. The number of aryl methyl sites for hydroxylation is 1. The van der Waals surface area contributed by atoms with E-state index >= 15 is 0 Å². The number of aliphatic carboxylic acids is 1. The first-order valence-electron chi connectivity index (χ1n) is 6.68. The van der Waals surface area contributed by atoms with Crippen LogP contribution in [0.2, 0.25) is 10.0 Å². The monoisotopic (exact) mass is 327 g/mol. The third-order valence-electron chi connectivity index (χ3n) is 3.14. The van der Waals surface area contributed by atoms with Crippen LogP contribution in [0, 0.1) is 0 Å². The van der Waals surface area contributed by atoms with Crippen LogP contribution < -0.4 is 0 Å². The lowest BCUT2D eigenvalue weighted by molar-refractivity contribution is -0.136. The van der Waals surface area contributed by atoms with Gasteiger partial charge in [0.05, 0.1) is 10.0 Å². The molecule has 0 unspecified atom stereocenters. The maximum absolute atomic E-state index is 10.8. The van der Waals surface area contributed by atoms with E-state index in [9.17, 15) is 4.79 Å². The zero-order chi connectivity index (χ0) is 15.4. The second-order valence-electron chi connectivity index (χ2n) is 4.67. The van der Waals surface area contributed by atoms with E-state index < -0.39 is 5.97 Å². The molecule has 0 saturated heterocycles. The molecule has 0 aliphatic rings. The van der Waals surface area contributed by atoms with Gasteiger partial charge in [-0.1, -0.05) is 41.3 Å². The smallest absolute Gasteiger partial charge is 0.303 e. The summed E-state index contributed by atoms with van der Waals surface area (Å²) in [7, 11) is 0. The fraction of sp³-hybridized carbons (Fsp3) is 0.333. The van der Waals surface area contributed by atoms with Crippen molar-refractivity contribution in [3.05, 3.63) is 39.6 Å². The molecule has 0 fully saturated rings. The third-order valence-corrected chi connectivity index (χ3v) is 3.76. The summed E-state index contributed by atoms with van der Waals surface area (Å²) in [5.41, 5.74) is 1.90. The summed E-state index contributed by atoms with van der Waals surface area (Å²) in [4.78, 5) is 10.8. The van der Waals surface area contributed by atoms with Crippen molar-refractivity contribution in [1.82, 2.24) is 5.16 Å². The molecule has 0 bridgehead atoms. The number of hydrogen-bond donors (Lipinski definition) is 1. The number of carboxylic acid groups (broad SMARTS) is 1. The van der Waals surface area contributed by atoms with Crippen LogP contribution in [0.15, 0.2) is 22.7 Å². The van der Waals surface area contributed by atoms with Crippen LogP contribution >= 0.6 is 23.2 Å². The molecule has 0 spiro atoms. The number of carboxylic acids is 1. The molecular formula is C15H15Cl2NO3. The van der Waals surface area contributed by atoms with E-state index in [1.54, 1.807) is 18.2 Å². The highest BCUT2D eigenvalue weighted by Crippen LogP contribution is 2.37. The highest BCUT2D eigenvalue weighted by Gasteiger charge is 2.21. The van der Waals surface area contributed by atoms with E-state index in [4.69, 9.17) is 32.8 Å². The van der Waals surface area contributed by atoms with Gasteiger partial charge in [0.1, 0.15) is 11.5 Å². The Hall–Kier alpha value is -1.52. The van der Waals surface area contributed by atoms with Crippen LogP contribution in [0.3, 0.4) is 0 Å². The summed E-state index contributed by atoms with van der Waals surface area (Å²) < 4.78 is 5.37. The van der Waals surface area contributed by atoms with Gasteiger partial charge in [-0.05, 0) is 25.0 Å². The third kappa shape index (κ3) is 3.57. The summed E-state index contributed by atoms with van der Waals surface area (Å²) in [5, 5.41) is 13.9. The molecule has 0 aliphatic carbocycles. The van der Waals surface area contributed by atoms with Crippen LogP contribution in [-0.2, 0) is 17.6 Å². The second kappa shape index (κ2) is 6.96. The summed E-state index contributed by atoms with van der Waals surface area (Å²) in [6, 6.07) is 5.19. The number of benzene rings is 1. The Morgan fingerprint density at radius 2 is 1.95 bits per heavy atom. The zero-order valence-corrected chi connectivity index (χ0v) is 13.0. The first kappa shape index (κ1) is 15.9. The van der Waals surface area contributed by atoms with Crippen molar-refractivity contribution in [3.8, 4) is 11.3 Å². The SMILES string of the molecule is CCCc1onc(-c2c(Cl)cccc2Cl)c1CCC(=O)O. The van der Waals surface area contributed by atoms with Gasteiger partial charge in [-0.15, -0.1) is 0 Å². The molecule has 1 N–H and O–H groups in total. The van der Waals surface area contributed by atoms with Crippen molar-refractivity contribution in [2.24, 2.45) is 0 Å². The minimum absolute atomic E-state index is 0.00694. The normalized spacial score (nSPS) is 10.8. The number of halogens is 2. The fourth-order valence-electron chi connectivity index (χ4n) is 2.18. The Bertz CT molecular complexity index is 632. The molecule has 1 aromatic carbocycles. The van der Waals surface area contributed by atoms with E-state index in [0.717, 1.165) is 12.0 Å². The quantitative estimate of drug-likeness (QED) is 0.840. The van der Waals surface area contributed by atoms with E-state index in [0.29, 0.717) is 39.9 Å². The molecule has 1 heterocycles. The van der Waals surface area contributed by atoms with Gasteiger partial charge in [0, 0.05) is 24.0 Å². The molecule has 0 radical (unpaired) electrons. The van der Waals surface area contributed by atoms with E-state index in [1.165, 1.54) is 0 Å². The minimum atomic E-state index is -0.866. The summed E-state index contributed by atoms with van der Waals surface area (Å²) >= 11 is 12.4. The molecule has 0 saturated carbocycles. The zero-order valence-electron chi connectivity index (χ0n) is 11.5. The minimum Gasteiger partial charge on any atom is -0.481 e. The predicted molar refractivity (Wildman–Crippen MR) is 81.9 cm³/mol. The van der Waals surface area contributed by atoms with Crippen LogP contribution in [0.1, 0.15) is 31.1 Å². The van der Waals surface area contributed by atoms with Gasteiger partial charge in [-0.25, -0.2) is 0 Å². The number of carbonyl (C=O) groups is 1. The average Bonchev–Trinajstić information content (AvgIpc) is 2.80. The largest absolute Gasteiger partial charge is 0.481 e. The molecule has 0 atom stereocenters. The second-order valence-corrected chi connectivity index (χ2v) is 5.49. The fourth-order valence-corrected chi connectivity index (χ4v) is 2.75. The number of aromatic nitrogens is 1. The van der Waals surface area contributed by atoms with Crippen LogP contribution in [0.4, 0.5) is 0 Å². The Morgan fingerprint density at radius 1 is 1.29 bits per heavy atom. The first-order chi connectivity index (χ1) is 10.0. The molecule has 1 aromatic heterocycles. The molecule has 0 aliphatic heterocycles. The van der Waals surface area contributed by atoms with Crippen molar-refractivity contribution in [3.63, 3.8) is 0 Å². The Labute approximate surface area is 132 Å². The maximum Gasteiger partial charge on any atom is 0.303 e. The molecule has 0 amide bonds. The van der Waals surface area contributed by atoms with E-state index in [1.807, 2.05) is 6.92 Å². The highest BCUT2D eigenvalue weighted by atomic mass is 35.5. The van der Waals surface area contributed by atoms with Crippen LogP contribution in [-0.4, -0.2) is 16.2 Å². The van der Waals surface area contributed by atoms with Crippen LogP contribution in [0.25, 0.3) is 11.3 Å². The van der Waals surface area contributed by atoms with Gasteiger partial charge in [0.25, 0.3) is 0 Å². The van der Waals surface area contributed by atoms with Gasteiger partial charge in [0.15, 0.2) is 0 Å². The highest BCUT2D eigenvalue weighted by molar-refractivity contribution is 6.39. The molecule has 4 nitrogen and oxygen atoms in total. The molecule has 112 valence electrons. The summed E-state index contributed by atoms with van der Waals surface area (Å²) in [6.07, 6.45) is 1.92. The van der Waals surface area contributed by atoms with Crippen molar-refractivity contribution in [2.75, 3.05) is 0 Å². The van der Waals surface area contributed by atoms with Gasteiger partial charge < -0.3 is 9.63 Å².